The summed E-state index contributed by atoms with van der Waals surface area (Å²) in [5, 5.41) is 4.73. The lowest BCUT2D eigenvalue weighted by molar-refractivity contribution is -0.126. The van der Waals surface area contributed by atoms with Crippen molar-refractivity contribution in [3.8, 4) is 0 Å². The van der Waals surface area contributed by atoms with E-state index in [9.17, 15) is 14.0 Å². The quantitative estimate of drug-likeness (QED) is 0.595. The summed E-state index contributed by atoms with van der Waals surface area (Å²) in [5.41, 5.74) is 3.56. The van der Waals surface area contributed by atoms with E-state index < -0.39 is 0 Å². The Labute approximate surface area is 172 Å². The number of nitrogens with one attached hydrogen (secondary N) is 1. The molecule has 0 saturated carbocycles. The molecular weight excluding hydrogens is 404 g/mol. The van der Waals surface area contributed by atoms with Gasteiger partial charge in [0.25, 0.3) is 5.91 Å². The Morgan fingerprint density at radius 2 is 1.79 bits per heavy atom. The maximum absolute atomic E-state index is 13.0. The van der Waals surface area contributed by atoms with Crippen LogP contribution in [-0.4, -0.2) is 36.0 Å². The highest BCUT2D eigenvalue weighted by Crippen LogP contribution is 2.24. The summed E-state index contributed by atoms with van der Waals surface area (Å²) >= 11 is 12.0. The number of halogens is 3. The first-order chi connectivity index (χ1) is 13.5. The number of carbonyl (C=O) groups is 2. The van der Waals surface area contributed by atoms with Crippen molar-refractivity contribution in [2.75, 3.05) is 13.1 Å². The minimum absolute atomic E-state index is 0.160. The summed E-state index contributed by atoms with van der Waals surface area (Å²) in [7, 11) is 0. The molecule has 2 aromatic carbocycles. The largest absolute Gasteiger partial charge is 0.339 e. The number of hydrogen-bond acceptors (Lipinski definition) is 3. The van der Waals surface area contributed by atoms with Crippen LogP contribution in [-0.2, 0) is 4.79 Å². The van der Waals surface area contributed by atoms with E-state index in [4.69, 9.17) is 23.2 Å². The van der Waals surface area contributed by atoms with Gasteiger partial charge in [0.15, 0.2) is 0 Å². The number of rotatable bonds is 4. The fourth-order valence-electron chi connectivity index (χ4n) is 3.00. The number of hydrogen-bond donors (Lipinski definition) is 1. The van der Waals surface area contributed by atoms with E-state index in [0.717, 1.165) is 0 Å². The van der Waals surface area contributed by atoms with Gasteiger partial charge >= 0.3 is 0 Å². The molecule has 1 fully saturated rings. The molecule has 1 N–H and O–H groups in total. The van der Waals surface area contributed by atoms with Crippen LogP contribution >= 0.6 is 23.2 Å². The van der Waals surface area contributed by atoms with Crippen molar-refractivity contribution in [1.29, 1.82) is 0 Å². The lowest BCUT2D eigenvalue weighted by Crippen LogP contribution is -2.42. The maximum atomic E-state index is 13.0. The summed E-state index contributed by atoms with van der Waals surface area (Å²) in [5.74, 6) is -0.980. The van der Waals surface area contributed by atoms with Crippen LogP contribution in [0.1, 0.15) is 28.8 Å². The number of amides is 2. The Morgan fingerprint density at radius 1 is 1.11 bits per heavy atom. The number of carbonyl (C=O) groups excluding carboxylic acids is 2. The van der Waals surface area contributed by atoms with E-state index in [2.05, 4.69) is 10.5 Å². The second kappa shape index (κ2) is 9.17. The number of piperidine rings is 1. The number of likely N-dealkylation sites (tertiary alicyclic amines) is 1. The molecule has 0 unspecified atom stereocenters. The molecule has 1 aliphatic rings. The van der Waals surface area contributed by atoms with Crippen molar-refractivity contribution < 1.29 is 14.0 Å². The summed E-state index contributed by atoms with van der Waals surface area (Å²) in [6, 6.07) is 10.6. The first kappa shape index (κ1) is 20.3. The third-order valence-corrected chi connectivity index (χ3v) is 5.44. The summed E-state index contributed by atoms with van der Waals surface area (Å²) < 4.78 is 13.0. The number of benzene rings is 2. The smallest absolute Gasteiger partial charge is 0.253 e. The molecule has 1 saturated heterocycles. The minimum Gasteiger partial charge on any atom is -0.339 e. The second-order valence-electron chi connectivity index (χ2n) is 6.45. The maximum Gasteiger partial charge on any atom is 0.253 e. The van der Waals surface area contributed by atoms with E-state index in [1.54, 1.807) is 23.1 Å². The van der Waals surface area contributed by atoms with Gasteiger partial charge in [0.05, 0.1) is 16.3 Å². The van der Waals surface area contributed by atoms with Gasteiger partial charge in [-0.2, -0.15) is 5.10 Å². The molecule has 0 atom stereocenters. The molecule has 146 valence electrons. The number of hydrazone groups is 1. The summed E-state index contributed by atoms with van der Waals surface area (Å²) in [6.45, 7) is 0.913. The Balaban J connectivity index is 1.51. The predicted molar refractivity (Wildman–Crippen MR) is 107 cm³/mol. The van der Waals surface area contributed by atoms with E-state index >= 15 is 0 Å². The zero-order valence-corrected chi connectivity index (χ0v) is 16.4. The molecule has 0 aromatic heterocycles. The van der Waals surface area contributed by atoms with Crippen LogP contribution in [0.3, 0.4) is 0 Å². The first-order valence-corrected chi connectivity index (χ1v) is 9.53. The van der Waals surface area contributed by atoms with Crippen molar-refractivity contribution in [3.63, 3.8) is 0 Å². The van der Waals surface area contributed by atoms with Crippen molar-refractivity contribution in [2.24, 2.45) is 11.0 Å². The lowest BCUT2D eigenvalue weighted by Gasteiger charge is -2.31. The Kier molecular flexibility index (Phi) is 6.65. The summed E-state index contributed by atoms with van der Waals surface area (Å²) in [6.07, 6.45) is 2.51. The van der Waals surface area contributed by atoms with Gasteiger partial charge in [-0.1, -0.05) is 35.3 Å². The molecule has 0 spiro atoms. The first-order valence-electron chi connectivity index (χ1n) is 8.77. The Morgan fingerprint density at radius 3 is 2.46 bits per heavy atom. The van der Waals surface area contributed by atoms with Gasteiger partial charge in [0.1, 0.15) is 5.82 Å². The average Bonchev–Trinajstić information content (AvgIpc) is 2.71. The zero-order chi connectivity index (χ0) is 20.1. The van der Waals surface area contributed by atoms with Crippen molar-refractivity contribution >= 4 is 41.2 Å². The van der Waals surface area contributed by atoms with Crippen molar-refractivity contribution in [3.05, 3.63) is 69.5 Å². The highest BCUT2D eigenvalue weighted by Gasteiger charge is 2.27. The van der Waals surface area contributed by atoms with Crippen LogP contribution in [0.4, 0.5) is 4.39 Å². The van der Waals surface area contributed by atoms with E-state index in [0.29, 0.717) is 47.1 Å². The van der Waals surface area contributed by atoms with Gasteiger partial charge in [-0.3, -0.25) is 9.59 Å². The Hall–Kier alpha value is -2.44. The molecule has 1 heterocycles. The van der Waals surface area contributed by atoms with E-state index in [1.165, 1.54) is 30.5 Å². The lowest BCUT2D eigenvalue weighted by atomic mass is 9.95. The molecule has 8 heteroatoms. The molecular formula is C20H18Cl2FN3O2. The molecule has 0 aliphatic carbocycles. The Bertz CT molecular complexity index is 895. The fraction of sp³-hybridized carbons (Fsp3) is 0.250. The summed E-state index contributed by atoms with van der Waals surface area (Å²) in [4.78, 5) is 26.4. The van der Waals surface area contributed by atoms with Crippen LogP contribution in [0.2, 0.25) is 10.0 Å². The van der Waals surface area contributed by atoms with Crippen LogP contribution in [0.15, 0.2) is 47.6 Å². The fourth-order valence-corrected chi connectivity index (χ4v) is 3.35. The molecule has 0 radical (unpaired) electrons. The normalized spacial score (nSPS) is 15.0. The van der Waals surface area contributed by atoms with Crippen molar-refractivity contribution in [1.82, 2.24) is 10.3 Å². The highest BCUT2D eigenvalue weighted by atomic mass is 35.5. The van der Waals surface area contributed by atoms with Crippen LogP contribution < -0.4 is 5.43 Å². The van der Waals surface area contributed by atoms with Gasteiger partial charge in [-0.05, 0) is 43.2 Å². The van der Waals surface area contributed by atoms with Crippen LogP contribution in [0, 0.1) is 11.7 Å². The average molecular weight is 422 g/mol. The topological polar surface area (TPSA) is 61.8 Å². The van der Waals surface area contributed by atoms with Crippen LogP contribution in [0.5, 0.6) is 0 Å². The van der Waals surface area contributed by atoms with E-state index in [1.807, 2.05) is 0 Å². The minimum atomic E-state index is -0.383. The van der Waals surface area contributed by atoms with Gasteiger partial charge < -0.3 is 4.90 Å². The molecule has 2 aromatic rings. The third-order valence-electron chi connectivity index (χ3n) is 4.60. The highest BCUT2D eigenvalue weighted by molar-refractivity contribution is 6.43. The van der Waals surface area contributed by atoms with Gasteiger partial charge in [0.2, 0.25) is 5.91 Å². The third kappa shape index (κ3) is 4.88. The van der Waals surface area contributed by atoms with Gasteiger partial charge in [0, 0.05) is 30.1 Å². The van der Waals surface area contributed by atoms with Gasteiger partial charge in [-0.15, -0.1) is 0 Å². The predicted octanol–water partition coefficient (Wildman–Crippen LogP) is 4.14. The monoisotopic (exact) mass is 421 g/mol. The second-order valence-corrected chi connectivity index (χ2v) is 7.24. The SMILES string of the molecule is O=C(N/N=C\c1cccc(Cl)c1Cl)C1CCN(C(=O)c2ccc(F)cc2)CC1. The van der Waals surface area contributed by atoms with E-state index in [-0.39, 0.29) is 23.5 Å². The molecule has 28 heavy (non-hydrogen) atoms. The molecule has 1 aliphatic heterocycles. The van der Waals surface area contributed by atoms with Crippen molar-refractivity contribution in [2.45, 2.75) is 12.8 Å². The molecule has 5 nitrogen and oxygen atoms in total. The number of nitrogens with zero attached hydrogens (tertiary/aromatic N) is 2. The standard InChI is InChI=1S/C20H18Cl2FN3O2/c21-17-3-1-2-15(18(17)22)12-24-25-19(27)13-8-10-26(11-9-13)20(28)14-4-6-16(23)7-5-14/h1-7,12-13H,8-11H2,(H,25,27)/b24-12-. The molecule has 2 amide bonds. The zero-order valence-electron chi connectivity index (χ0n) is 14.9. The molecule has 0 bridgehead atoms. The van der Waals surface area contributed by atoms with Gasteiger partial charge in [-0.25, -0.2) is 9.82 Å². The van der Waals surface area contributed by atoms with Crippen LogP contribution in [0.25, 0.3) is 0 Å². The molecule has 3 rings (SSSR count).